The number of benzene rings is 2. The van der Waals surface area contributed by atoms with Gasteiger partial charge in [-0.1, -0.05) is 36.4 Å². The Morgan fingerprint density at radius 1 is 0.650 bits per heavy atom. The molecule has 6 rings (SSSR count). The van der Waals surface area contributed by atoms with Gasteiger partial charge in [0.05, 0.1) is 93.0 Å². The van der Waals surface area contributed by atoms with E-state index < -0.39 is 26.0 Å². The Morgan fingerprint density at radius 2 is 1.07 bits per heavy atom. The second kappa shape index (κ2) is 23.3. The van der Waals surface area contributed by atoms with Crippen LogP contribution >= 0.6 is 0 Å². The number of rotatable bonds is 19. The Hall–Kier alpha value is -4.82. The molecule has 0 radical (unpaired) electrons. The molecule has 2 saturated heterocycles. The van der Waals surface area contributed by atoms with Crippen molar-refractivity contribution < 1.29 is 40.6 Å². The highest BCUT2D eigenvalue weighted by atomic mass is 32.2. The molecule has 0 aliphatic carbocycles. The van der Waals surface area contributed by atoms with Gasteiger partial charge in [0.2, 0.25) is 20.0 Å². The number of nitrogens with zero attached hydrogens (tertiary/aromatic N) is 6. The summed E-state index contributed by atoms with van der Waals surface area (Å²) in [5.41, 5.74) is 8.40. The van der Waals surface area contributed by atoms with Crippen LogP contribution < -0.4 is 14.3 Å². The molecule has 0 spiro atoms. The Morgan fingerprint density at radius 3 is 1.43 bits per heavy atom. The van der Waals surface area contributed by atoms with Crippen molar-refractivity contribution in [3.63, 3.8) is 0 Å². The lowest BCUT2D eigenvalue weighted by Crippen LogP contribution is -2.38. The number of methoxy groups -OCH3 is 1. The minimum Gasteiger partial charge on any atom is -0.465 e. The normalized spacial score (nSPS) is 15.0. The summed E-state index contributed by atoms with van der Waals surface area (Å²) < 4.78 is 70.8. The first-order valence-corrected chi connectivity index (χ1v) is 23.1. The average molecular weight is 866 g/mol. The van der Waals surface area contributed by atoms with Crippen molar-refractivity contribution in [1.82, 2.24) is 19.8 Å². The quantitative estimate of drug-likeness (QED) is 0.107. The van der Waals surface area contributed by atoms with Crippen LogP contribution in [0.4, 0.5) is 11.4 Å². The first kappa shape index (κ1) is 46.2. The van der Waals surface area contributed by atoms with Gasteiger partial charge in [-0.3, -0.25) is 33.2 Å². The number of ketones is 1. The van der Waals surface area contributed by atoms with Gasteiger partial charge in [0.15, 0.2) is 5.78 Å². The zero-order valence-corrected chi connectivity index (χ0v) is 35.6. The van der Waals surface area contributed by atoms with Crippen LogP contribution in [0.25, 0.3) is 0 Å². The second-order valence-corrected chi connectivity index (χ2v) is 18.2. The van der Waals surface area contributed by atoms with E-state index in [0.717, 1.165) is 39.3 Å². The maximum absolute atomic E-state index is 13.2. The minimum absolute atomic E-state index is 0.0412. The first-order chi connectivity index (χ1) is 29.0. The van der Waals surface area contributed by atoms with Crippen LogP contribution in [-0.4, -0.2) is 139 Å². The Kier molecular flexibility index (Phi) is 17.9. The fourth-order valence-electron chi connectivity index (χ4n) is 6.55. The number of nitrogens with two attached hydrogens (primary N) is 1. The summed E-state index contributed by atoms with van der Waals surface area (Å²) in [6, 6.07) is 24.5. The van der Waals surface area contributed by atoms with Crippen LogP contribution in [0.15, 0.2) is 97.3 Å². The van der Waals surface area contributed by atoms with Gasteiger partial charge >= 0.3 is 5.97 Å². The number of morpholine rings is 2. The van der Waals surface area contributed by atoms with E-state index in [1.165, 1.54) is 28.1 Å². The highest BCUT2D eigenvalue weighted by Crippen LogP contribution is 2.23. The Balaban J connectivity index is 0.000000228. The summed E-state index contributed by atoms with van der Waals surface area (Å²) in [6.07, 6.45) is 3.93. The summed E-state index contributed by atoms with van der Waals surface area (Å²) in [5.74, 6) is -0.600. The lowest BCUT2D eigenvalue weighted by molar-refractivity contribution is 0.0380. The maximum atomic E-state index is 13.2. The van der Waals surface area contributed by atoms with Gasteiger partial charge in [-0.05, 0) is 74.5 Å². The molecule has 2 fully saturated rings. The van der Waals surface area contributed by atoms with E-state index in [4.69, 9.17) is 15.2 Å². The molecule has 2 N–H and O–H groups in total. The van der Waals surface area contributed by atoms with Crippen molar-refractivity contribution in [3.8, 4) is 0 Å². The van der Waals surface area contributed by atoms with E-state index in [-0.39, 0.29) is 36.9 Å². The van der Waals surface area contributed by atoms with E-state index in [1.54, 1.807) is 60.7 Å². The van der Waals surface area contributed by atoms with E-state index in [1.807, 2.05) is 24.3 Å². The lowest BCUT2D eigenvalue weighted by atomic mass is 10.2. The number of hydrogen-bond acceptors (Lipinski definition) is 14. The van der Waals surface area contributed by atoms with Crippen molar-refractivity contribution in [2.75, 3.05) is 99.5 Å². The third-order valence-electron chi connectivity index (χ3n) is 9.91. The summed E-state index contributed by atoms with van der Waals surface area (Å²) in [7, 11) is -5.82. The standard InChI is InChI=1S/C21H28N4O4S.C21H27N3O5S/c22-15-21(26)18-7-8-19(23-16-18)17-25(20-5-2-1-3-6-20)30(27,28)14-4-9-24-10-12-29-13-11-24;1-28-21(25)18-8-9-19(22-16-18)17-24(20-6-3-2-4-7-20)30(26,27)15-5-10-23-11-13-29-14-12-23/h1-3,5-8,16H,4,9-15,17,22H2;2-4,6-9,16H,5,10-15,17H2,1H3. The zero-order chi connectivity index (χ0) is 42.8. The number of sulfonamides is 2. The SMILES string of the molecule is COC(=O)c1ccc(CN(c2ccccc2)S(=O)(=O)CCCN2CCOCC2)nc1.NCC(=O)c1ccc(CN(c2ccccc2)S(=O)(=O)CCCN2CCOCC2)nc1. The number of aromatic nitrogens is 2. The molecule has 0 atom stereocenters. The number of esters is 1. The Bertz CT molecular complexity index is 1980. The number of Topliss-reactive ketones (excluding diaryl/α,β-unsaturated/α-hetero) is 1. The lowest BCUT2D eigenvalue weighted by Gasteiger charge is -2.28. The van der Waals surface area contributed by atoms with E-state index in [2.05, 4.69) is 24.5 Å². The van der Waals surface area contributed by atoms with Crippen LogP contribution in [0.5, 0.6) is 0 Å². The largest absolute Gasteiger partial charge is 0.465 e. The molecule has 324 valence electrons. The molecule has 60 heavy (non-hydrogen) atoms. The molecule has 2 aliphatic heterocycles. The number of anilines is 2. The molecule has 0 unspecified atom stereocenters. The molecule has 2 aromatic carbocycles. The molecule has 2 aliphatic rings. The van der Waals surface area contributed by atoms with Crippen molar-refractivity contribution in [1.29, 1.82) is 0 Å². The van der Waals surface area contributed by atoms with E-state index in [0.29, 0.717) is 73.2 Å². The van der Waals surface area contributed by atoms with Crippen LogP contribution in [0, 0.1) is 0 Å². The highest BCUT2D eigenvalue weighted by Gasteiger charge is 2.26. The molecular formula is C42H55N7O9S2. The fourth-order valence-corrected chi connectivity index (χ4v) is 9.52. The predicted molar refractivity (Wildman–Crippen MR) is 230 cm³/mol. The van der Waals surface area contributed by atoms with E-state index in [9.17, 15) is 26.4 Å². The summed E-state index contributed by atoms with van der Waals surface area (Å²) in [6.45, 7) is 7.64. The van der Waals surface area contributed by atoms with Crippen molar-refractivity contribution in [2.45, 2.75) is 25.9 Å². The molecule has 16 nitrogen and oxygen atoms in total. The molecule has 2 aromatic heterocycles. The fraction of sp³-hybridized carbons (Fsp3) is 0.429. The third kappa shape index (κ3) is 14.1. The molecule has 0 saturated carbocycles. The predicted octanol–water partition coefficient (Wildman–Crippen LogP) is 3.21. The number of ether oxygens (including phenoxy) is 3. The van der Waals surface area contributed by atoms with Crippen LogP contribution in [-0.2, 0) is 47.3 Å². The molecule has 18 heteroatoms. The Labute approximate surface area is 353 Å². The topological polar surface area (TPSA) is 195 Å². The van der Waals surface area contributed by atoms with Crippen molar-refractivity contribution in [2.24, 2.45) is 5.73 Å². The number of carbonyl (C=O) groups is 2. The van der Waals surface area contributed by atoms with Crippen molar-refractivity contribution in [3.05, 3.63) is 120 Å². The van der Waals surface area contributed by atoms with Crippen LogP contribution in [0.2, 0.25) is 0 Å². The van der Waals surface area contributed by atoms with Gasteiger partial charge in [0.1, 0.15) is 0 Å². The van der Waals surface area contributed by atoms with Crippen molar-refractivity contribution >= 4 is 43.2 Å². The van der Waals surface area contributed by atoms with Crippen LogP contribution in [0.3, 0.4) is 0 Å². The average Bonchev–Trinajstić information content (AvgIpc) is 3.28. The third-order valence-corrected chi connectivity index (χ3v) is 13.5. The number of para-hydroxylation sites is 2. The monoisotopic (exact) mass is 865 g/mol. The van der Waals surface area contributed by atoms with Gasteiger partial charge in [0.25, 0.3) is 0 Å². The number of carbonyl (C=O) groups excluding carboxylic acids is 2. The molecule has 4 heterocycles. The summed E-state index contributed by atoms with van der Waals surface area (Å²) >= 11 is 0. The molecule has 4 aromatic rings. The van der Waals surface area contributed by atoms with Gasteiger partial charge in [-0.15, -0.1) is 0 Å². The highest BCUT2D eigenvalue weighted by molar-refractivity contribution is 7.93. The minimum atomic E-state index is -3.56. The first-order valence-electron chi connectivity index (χ1n) is 19.9. The summed E-state index contributed by atoms with van der Waals surface area (Å²) in [4.78, 5) is 36.3. The van der Waals surface area contributed by atoms with Gasteiger partial charge in [-0.25, -0.2) is 21.6 Å². The molecule has 0 amide bonds. The summed E-state index contributed by atoms with van der Waals surface area (Å²) in [5, 5.41) is 0. The zero-order valence-electron chi connectivity index (χ0n) is 34.0. The van der Waals surface area contributed by atoms with Gasteiger partial charge in [-0.2, -0.15) is 0 Å². The number of pyridine rings is 2. The van der Waals surface area contributed by atoms with E-state index >= 15 is 0 Å². The maximum Gasteiger partial charge on any atom is 0.339 e. The molecular weight excluding hydrogens is 811 g/mol. The number of hydrogen-bond donors (Lipinski definition) is 1. The van der Waals surface area contributed by atoms with Crippen LogP contribution in [0.1, 0.15) is 44.9 Å². The second-order valence-electron chi connectivity index (χ2n) is 14.1. The van der Waals surface area contributed by atoms with Gasteiger partial charge < -0.3 is 19.9 Å². The van der Waals surface area contributed by atoms with Gasteiger partial charge in [0, 0.05) is 44.1 Å². The smallest absolute Gasteiger partial charge is 0.339 e. The molecule has 0 bridgehead atoms.